The molecule has 1 heterocycles. The molecule has 1 saturated heterocycles. The van der Waals surface area contributed by atoms with Gasteiger partial charge in [0.25, 0.3) is 0 Å². The number of amides is 2. The van der Waals surface area contributed by atoms with Gasteiger partial charge in [-0.2, -0.15) is 0 Å². The molecular weight excluding hydrogens is 178 g/mol. The molecule has 3 nitrogen and oxygen atoms in total. The van der Waals surface area contributed by atoms with Crippen molar-refractivity contribution < 1.29 is 9.59 Å². The molecule has 1 aliphatic heterocycles. The number of nitrogens with one attached hydrogen (secondary N) is 1. The predicted octanol–water partition coefficient (Wildman–Crippen LogP) is 1.23. The first-order valence-corrected chi connectivity index (χ1v) is 5.51. The van der Waals surface area contributed by atoms with E-state index in [1.54, 1.807) is 0 Å². The van der Waals surface area contributed by atoms with Gasteiger partial charge in [0.15, 0.2) is 0 Å². The van der Waals surface area contributed by atoms with E-state index in [2.05, 4.69) is 5.32 Å². The molecule has 3 fully saturated rings. The number of piperidine rings is 1. The van der Waals surface area contributed by atoms with Gasteiger partial charge in [-0.1, -0.05) is 6.42 Å². The first-order chi connectivity index (χ1) is 6.68. The number of fused-ring (bicyclic) bond motifs is 3. The van der Waals surface area contributed by atoms with Crippen molar-refractivity contribution in [1.29, 1.82) is 0 Å². The molecule has 2 saturated carbocycles. The Bertz CT molecular complexity index is 294. The van der Waals surface area contributed by atoms with E-state index in [9.17, 15) is 9.59 Å². The molecule has 1 spiro atoms. The smallest absolute Gasteiger partial charge is 0.227 e. The van der Waals surface area contributed by atoms with Gasteiger partial charge in [0.1, 0.15) is 0 Å². The van der Waals surface area contributed by atoms with E-state index >= 15 is 0 Å². The summed E-state index contributed by atoms with van der Waals surface area (Å²) in [6.07, 6.45) is 6.14. The normalized spacial score (nSPS) is 39.1. The van der Waals surface area contributed by atoms with E-state index in [1.165, 1.54) is 19.3 Å². The Balaban J connectivity index is 1.89. The lowest BCUT2D eigenvalue weighted by Gasteiger charge is -2.39. The standard InChI is InChI=1S/C11H15NO2/c13-9-5-11(6-10(14)12-9)4-7-1-2-8(11)3-7/h7-8H,1-6H2,(H,12,13,14). The Labute approximate surface area is 83.2 Å². The van der Waals surface area contributed by atoms with Crippen LogP contribution in [0.25, 0.3) is 0 Å². The zero-order chi connectivity index (χ0) is 9.76. The number of rotatable bonds is 0. The van der Waals surface area contributed by atoms with E-state index in [4.69, 9.17) is 0 Å². The van der Waals surface area contributed by atoms with Crippen LogP contribution in [0.2, 0.25) is 0 Å². The van der Waals surface area contributed by atoms with Gasteiger partial charge in [0.2, 0.25) is 11.8 Å². The summed E-state index contributed by atoms with van der Waals surface area (Å²) >= 11 is 0. The molecule has 1 N–H and O–H groups in total. The van der Waals surface area contributed by atoms with E-state index in [1.807, 2.05) is 0 Å². The Morgan fingerprint density at radius 3 is 2.36 bits per heavy atom. The summed E-state index contributed by atoms with van der Waals surface area (Å²) < 4.78 is 0. The van der Waals surface area contributed by atoms with Crippen LogP contribution in [-0.2, 0) is 9.59 Å². The van der Waals surface area contributed by atoms with E-state index in [-0.39, 0.29) is 17.2 Å². The zero-order valence-corrected chi connectivity index (χ0v) is 8.21. The number of hydrogen-bond donors (Lipinski definition) is 1. The van der Waals surface area contributed by atoms with Crippen molar-refractivity contribution in [2.75, 3.05) is 0 Å². The topological polar surface area (TPSA) is 46.2 Å². The lowest BCUT2D eigenvalue weighted by Crippen LogP contribution is -2.46. The molecule has 3 aliphatic rings. The SMILES string of the molecule is O=C1CC2(CC(=O)N1)CC1CCC2C1. The number of carbonyl (C=O) groups excluding carboxylic acids is 2. The lowest BCUT2D eigenvalue weighted by molar-refractivity contribution is -0.139. The fourth-order valence-corrected chi connectivity index (χ4v) is 3.94. The molecule has 2 amide bonds. The minimum absolute atomic E-state index is 0.0474. The Hall–Kier alpha value is -0.860. The van der Waals surface area contributed by atoms with Crippen molar-refractivity contribution in [3.63, 3.8) is 0 Å². The summed E-state index contributed by atoms with van der Waals surface area (Å²) in [7, 11) is 0. The highest BCUT2D eigenvalue weighted by molar-refractivity contribution is 5.98. The third kappa shape index (κ3) is 1.04. The molecule has 0 aromatic heterocycles. The Morgan fingerprint density at radius 2 is 1.86 bits per heavy atom. The zero-order valence-electron chi connectivity index (χ0n) is 8.21. The summed E-state index contributed by atoms with van der Waals surface area (Å²) in [6.45, 7) is 0. The molecule has 76 valence electrons. The van der Waals surface area contributed by atoms with Crippen molar-refractivity contribution in [1.82, 2.24) is 5.32 Å². The minimum atomic E-state index is -0.0474. The molecule has 0 aromatic carbocycles. The van der Waals surface area contributed by atoms with E-state index in [0.29, 0.717) is 18.8 Å². The monoisotopic (exact) mass is 193 g/mol. The number of hydrogen-bond acceptors (Lipinski definition) is 2. The molecule has 3 heteroatoms. The minimum Gasteiger partial charge on any atom is -0.296 e. The van der Waals surface area contributed by atoms with Crippen molar-refractivity contribution in [3.05, 3.63) is 0 Å². The fraction of sp³-hybridized carbons (Fsp3) is 0.818. The fourth-order valence-electron chi connectivity index (χ4n) is 3.94. The molecule has 2 aliphatic carbocycles. The highest BCUT2D eigenvalue weighted by Crippen LogP contribution is 2.59. The summed E-state index contributed by atoms with van der Waals surface area (Å²) in [5.41, 5.74) is 0.0718. The summed E-state index contributed by atoms with van der Waals surface area (Å²) in [6, 6.07) is 0. The van der Waals surface area contributed by atoms with Gasteiger partial charge in [-0.25, -0.2) is 0 Å². The second-order valence-corrected chi connectivity index (χ2v) is 5.27. The highest BCUT2D eigenvalue weighted by Gasteiger charge is 2.54. The molecule has 2 unspecified atom stereocenters. The maximum atomic E-state index is 11.4. The summed E-state index contributed by atoms with van der Waals surface area (Å²) in [4.78, 5) is 22.8. The van der Waals surface area contributed by atoms with E-state index in [0.717, 1.165) is 12.3 Å². The van der Waals surface area contributed by atoms with Gasteiger partial charge in [-0.3, -0.25) is 14.9 Å². The van der Waals surface area contributed by atoms with Crippen molar-refractivity contribution in [2.24, 2.45) is 17.3 Å². The van der Waals surface area contributed by atoms with Gasteiger partial charge < -0.3 is 0 Å². The Morgan fingerprint density at radius 1 is 1.14 bits per heavy atom. The van der Waals surface area contributed by atoms with E-state index < -0.39 is 0 Å². The highest BCUT2D eigenvalue weighted by atomic mass is 16.2. The third-order valence-electron chi connectivity index (χ3n) is 4.41. The molecule has 14 heavy (non-hydrogen) atoms. The van der Waals surface area contributed by atoms with Gasteiger partial charge in [0.05, 0.1) is 0 Å². The summed E-state index contributed by atoms with van der Waals surface area (Å²) in [5, 5.41) is 2.41. The number of carbonyl (C=O) groups is 2. The van der Waals surface area contributed by atoms with Crippen molar-refractivity contribution >= 4 is 11.8 Å². The van der Waals surface area contributed by atoms with Crippen LogP contribution in [0.15, 0.2) is 0 Å². The first-order valence-electron chi connectivity index (χ1n) is 5.51. The van der Waals surface area contributed by atoms with Crippen LogP contribution in [-0.4, -0.2) is 11.8 Å². The average Bonchev–Trinajstić information content (AvgIpc) is 2.60. The maximum Gasteiger partial charge on any atom is 0.227 e. The van der Waals surface area contributed by atoms with Crippen LogP contribution in [0.1, 0.15) is 38.5 Å². The molecule has 2 atom stereocenters. The van der Waals surface area contributed by atoms with Crippen LogP contribution in [0.5, 0.6) is 0 Å². The largest absolute Gasteiger partial charge is 0.296 e. The number of imide groups is 1. The molecular formula is C11H15NO2. The lowest BCUT2D eigenvalue weighted by atomic mass is 9.67. The average molecular weight is 193 g/mol. The quantitative estimate of drug-likeness (QED) is 0.588. The maximum absolute atomic E-state index is 11.4. The van der Waals surface area contributed by atoms with Gasteiger partial charge >= 0.3 is 0 Å². The molecule has 0 radical (unpaired) electrons. The first kappa shape index (κ1) is 8.45. The van der Waals surface area contributed by atoms with Gasteiger partial charge in [-0.05, 0) is 36.5 Å². The van der Waals surface area contributed by atoms with Crippen LogP contribution in [0.3, 0.4) is 0 Å². The van der Waals surface area contributed by atoms with Crippen molar-refractivity contribution in [3.8, 4) is 0 Å². The van der Waals surface area contributed by atoms with Crippen LogP contribution >= 0.6 is 0 Å². The summed E-state index contributed by atoms with van der Waals surface area (Å²) in [5.74, 6) is 1.36. The van der Waals surface area contributed by atoms with Crippen LogP contribution in [0.4, 0.5) is 0 Å². The van der Waals surface area contributed by atoms with Gasteiger partial charge in [-0.15, -0.1) is 0 Å². The molecule has 2 bridgehead atoms. The third-order valence-corrected chi connectivity index (χ3v) is 4.41. The van der Waals surface area contributed by atoms with Gasteiger partial charge in [0, 0.05) is 12.8 Å². The predicted molar refractivity (Wildman–Crippen MR) is 50.3 cm³/mol. The van der Waals surface area contributed by atoms with Crippen molar-refractivity contribution in [2.45, 2.75) is 38.5 Å². The molecule has 0 aromatic rings. The second-order valence-electron chi connectivity index (χ2n) is 5.27. The molecule has 3 rings (SSSR count). The Kier molecular flexibility index (Phi) is 1.56. The second kappa shape index (κ2) is 2.59. The van der Waals surface area contributed by atoms with Crippen LogP contribution in [0, 0.1) is 17.3 Å². The van der Waals surface area contributed by atoms with Crippen LogP contribution < -0.4 is 5.32 Å².